The molecule has 0 unspecified atom stereocenters. The van der Waals surface area contributed by atoms with Crippen molar-refractivity contribution < 1.29 is 33.3 Å². The maximum atomic E-state index is 12.3. The van der Waals surface area contributed by atoms with Crippen LogP contribution in [0.25, 0.3) is 0 Å². The molecule has 0 saturated carbocycles. The normalized spacial score (nSPS) is 17.2. The third-order valence-electron chi connectivity index (χ3n) is 4.05. The lowest BCUT2D eigenvalue weighted by molar-refractivity contribution is -0.153. The number of para-hydroxylation sites is 2. The molecule has 8 heteroatoms. The predicted octanol–water partition coefficient (Wildman–Crippen LogP) is 1.58. The first-order chi connectivity index (χ1) is 13.1. The van der Waals surface area contributed by atoms with Gasteiger partial charge < -0.3 is 24.3 Å². The first kappa shape index (κ1) is 16.9. The third-order valence-corrected chi connectivity index (χ3v) is 4.05. The van der Waals surface area contributed by atoms with Crippen molar-refractivity contribution in [2.45, 2.75) is 6.10 Å². The van der Waals surface area contributed by atoms with E-state index in [1.807, 2.05) is 0 Å². The van der Waals surface area contributed by atoms with Crippen LogP contribution in [0.4, 0.5) is 5.69 Å². The molecule has 27 heavy (non-hydrogen) atoms. The van der Waals surface area contributed by atoms with E-state index in [0.717, 1.165) is 0 Å². The highest BCUT2D eigenvalue weighted by atomic mass is 16.6. The number of benzene rings is 2. The Morgan fingerprint density at radius 2 is 1.89 bits per heavy atom. The molecule has 1 amide bonds. The van der Waals surface area contributed by atoms with Crippen LogP contribution in [-0.4, -0.2) is 43.6 Å². The molecule has 1 N–H and O–H groups in total. The minimum atomic E-state index is -0.941. The molecule has 2 aromatic rings. The molecule has 0 aliphatic carbocycles. The van der Waals surface area contributed by atoms with Gasteiger partial charge in [0.25, 0.3) is 5.91 Å². The lowest BCUT2D eigenvalue weighted by atomic mass is 10.1. The molecule has 0 aromatic heterocycles. The number of nitrogens with one attached hydrogen (secondary N) is 1. The average molecular weight is 369 g/mol. The zero-order valence-electron chi connectivity index (χ0n) is 14.1. The zero-order valence-corrected chi connectivity index (χ0v) is 14.1. The standard InChI is InChI=1S/C19H15NO7/c21-13(11-5-6-14-12(7-11)20-18(22)10-25-14)8-26-19(23)17-9-24-15-3-1-2-4-16(15)27-17/h1-7,17H,8-10H2,(H,20,22)/t17-/m1/s1. The molecule has 0 spiro atoms. The first-order valence-corrected chi connectivity index (χ1v) is 8.25. The van der Waals surface area contributed by atoms with Gasteiger partial charge in [0.1, 0.15) is 12.4 Å². The maximum Gasteiger partial charge on any atom is 0.351 e. The molecule has 1 atom stereocenters. The minimum absolute atomic E-state index is 0.00620. The summed E-state index contributed by atoms with van der Waals surface area (Å²) >= 11 is 0. The van der Waals surface area contributed by atoms with Gasteiger partial charge in [0, 0.05) is 5.56 Å². The Morgan fingerprint density at radius 1 is 1.07 bits per heavy atom. The predicted molar refractivity (Wildman–Crippen MR) is 92.2 cm³/mol. The van der Waals surface area contributed by atoms with Crippen LogP contribution in [0.1, 0.15) is 10.4 Å². The number of ketones is 1. The van der Waals surface area contributed by atoms with Gasteiger partial charge in [-0.3, -0.25) is 9.59 Å². The first-order valence-electron chi connectivity index (χ1n) is 8.25. The van der Waals surface area contributed by atoms with E-state index in [9.17, 15) is 14.4 Å². The number of hydrogen-bond acceptors (Lipinski definition) is 7. The van der Waals surface area contributed by atoms with Gasteiger partial charge in [-0.25, -0.2) is 4.79 Å². The van der Waals surface area contributed by atoms with Crippen LogP contribution in [0.5, 0.6) is 17.2 Å². The number of hydrogen-bond donors (Lipinski definition) is 1. The fourth-order valence-corrected chi connectivity index (χ4v) is 2.71. The van der Waals surface area contributed by atoms with Gasteiger partial charge >= 0.3 is 5.97 Å². The van der Waals surface area contributed by atoms with E-state index in [2.05, 4.69) is 5.32 Å². The van der Waals surface area contributed by atoms with Crippen LogP contribution < -0.4 is 19.5 Å². The van der Waals surface area contributed by atoms with Crippen molar-refractivity contribution >= 4 is 23.3 Å². The summed E-state index contributed by atoms with van der Waals surface area (Å²) in [5, 5.41) is 2.62. The van der Waals surface area contributed by atoms with Crippen molar-refractivity contribution in [3.05, 3.63) is 48.0 Å². The summed E-state index contributed by atoms with van der Waals surface area (Å²) in [5.74, 6) is 0.0803. The van der Waals surface area contributed by atoms with Crippen LogP contribution in [-0.2, 0) is 14.3 Å². The number of carbonyl (C=O) groups is 3. The number of amides is 1. The minimum Gasteiger partial charge on any atom is -0.485 e. The maximum absolute atomic E-state index is 12.3. The summed E-state index contributed by atoms with van der Waals surface area (Å²) in [5.41, 5.74) is 0.697. The van der Waals surface area contributed by atoms with Gasteiger partial charge in [-0.2, -0.15) is 0 Å². The largest absolute Gasteiger partial charge is 0.485 e. The Hall–Kier alpha value is -3.55. The van der Waals surface area contributed by atoms with E-state index >= 15 is 0 Å². The molecule has 0 saturated heterocycles. The topological polar surface area (TPSA) is 100 Å². The van der Waals surface area contributed by atoms with Gasteiger partial charge in [0.15, 0.2) is 30.5 Å². The SMILES string of the molecule is O=C1COc2ccc(C(=O)COC(=O)[C@H]3COc4ccccc4O3)cc2N1. The number of ether oxygens (including phenoxy) is 4. The zero-order chi connectivity index (χ0) is 18.8. The Balaban J connectivity index is 1.36. The van der Waals surface area contributed by atoms with Crippen LogP contribution in [0, 0.1) is 0 Å². The molecule has 0 radical (unpaired) electrons. The van der Waals surface area contributed by atoms with Crippen molar-refractivity contribution in [3.63, 3.8) is 0 Å². The molecule has 138 valence electrons. The molecule has 2 heterocycles. The number of anilines is 1. The summed E-state index contributed by atoms with van der Waals surface area (Å²) in [6, 6.07) is 11.6. The molecule has 2 aromatic carbocycles. The molecular weight excluding hydrogens is 354 g/mol. The van der Waals surface area contributed by atoms with Crippen molar-refractivity contribution in [2.24, 2.45) is 0 Å². The molecule has 8 nitrogen and oxygen atoms in total. The van der Waals surface area contributed by atoms with Crippen LogP contribution in [0.15, 0.2) is 42.5 Å². The van der Waals surface area contributed by atoms with Crippen molar-refractivity contribution in [1.29, 1.82) is 0 Å². The van der Waals surface area contributed by atoms with Gasteiger partial charge in [-0.15, -0.1) is 0 Å². The summed E-state index contributed by atoms with van der Waals surface area (Å²) in [4.78, 5) is 35.8. The smallest absolute Gasteiger partial charge is 0.351 e. The van der Waals surface area contributed by atoms with Crippen LogP contribution >= 0.6 is 0 Å². The average Bonchev–Trinajstić information content (AvgIpc) is 2.70. The van der Waals surface area contributed by atoms with Gasteiger partial charge in [0.05, 0.1) is 5.69 Å². The number of carbonyl (C=O) groups excluding carboxylic acids is 3. The van der Waals surface area contributed by atoms with E-state index in [-0.39, 0.29) is 19.1 Å². The second-order valence-corrected chi connectivity index (χ2v) is 5.94. The molecule has 0 bridgehead atoms. The number of fused-ring (bicyclic) bond motifs is 2. The van der Waals surface area contributed by atoms with E-state index in [0.29, 0.717) is 28.5 Å². The van der Waals surface area contributed by atoms with Gasteiger partial charge in [-0.1, -0.05) is 12.1 Å². The highest BCUT2D eigenvalue weighted by Crippen LogP contribution is 2.31. The monoisotopic (exact) mass is 369 g/mol. The van der Waals surface area contributed by atoms with Crippen molar-refractivity contribution in [3.8, 4) is 17.2 Å². The van der Waals surface area contributed by atoms with Gasteiger partial charge in [0.2, 0.25) is 6.10 Å². The molecule has 0 fully saturated rings. The fraction of sp³-hybridized carbons (Fsp3) is 0.211. The lowest BCUT2D eigenvalue weighted by Crippen LogP contribution is -2.38. The number of esters is 1. The van der Waals surface area contributed by atoms with Crippen molar-refractivity contribution in [1.82, 2.24) is 0 Å². The fourth-order valence-electron chi connectivity index (χ4n) is 2.71. The van der Waals surface area contributed by atoms with E-state index in [4.69, 9.17) is 18.9 Å². The highest BCUT2D eigenvalue weighted by Gasteiger charge is 2.29. The second kappa shape index (κ2) is 6.99. The summed E-state index contributed by atoms with van der Waals surface area (Å²) in [6.45, 7) is -0.509. The molecule has 2 aliphatic heterocycles. The third kappa shape index (κ3) is 3.55. The summed E-state index contributed by atoms with van der Waals surface area (Å²) in [7, 11) is 0. The molecular formula is C19H15NO7. The second-order valence-electron chi connectivity index (χ2n) is 5.94. The quantitative estimate of drug-likeness (QED) is 0.645. The van der Waals surface area contributed by atoms with Crippen molar-refractivity contribution in [2.75, 3.05) is 25.1 Å². The Bertz CT molecular complexity index is 924. The number of rotatable bonds is 4. The van der Waals surface area contributed by atoms with Gasteiger partial charge in [-0.05, 0) is 30.3 Å². The summed E-state index contributed by atoms with van der Waals surface area (Å²) < 4.78 is 21.3. The van der Waals surface area contributed by atoms with Crippen LogP contribution in [0.3, 0.4) is 0 Å². The highest BCUT2D eigenvalue weighted by molar-refractivity contribution is 6.01. The van der Waals surface area contributed by atoms with E-state index in [1.54, 1.807) is 36.4 Å². The van der Waals surface area contributed by atoms with Crippen LogP contribution in [0.2, 0.25) is 0 Å². The van der Waals surface area contributed by atoms with E-state index < -0.39 is 24.5 Å². The van der Waals surface area contributed by atoms with E-state index in [1.165, 1.54) is 6.07 Å². The summed E-state index contributed by atoms with van der Waals surface area (Å²) in [6.07, 6.45) is -0.941. The number of Topliss-reactive ketones (excluding diaryl/α,β-unsaturated/α-hetero) is 1. The molecule has 4 rings (SSSR count). The Morgan fingerprint density at radius 3 is 2.74 bits per heavy atom. The molecule has 2 aliphatic rings. The Kier molecular flexibility index (Phi) is 4.37. The Labute approximate surface area is 154 Å². The lowest BCUT2D eigenvalue weighted by Gasteiger charge is -2.24.